The van der Waals surface area contributed by atoms with E-state index in [4.69, 9.17) is 17.3 Å². The largest absolute Gasteiger partial charge is 0.385 e. The summed E-state index contributed by atoms with van der Waals surface area (Å²) in [5.74, 6) is -0.308. The van der Waals surface area contributed by atoms with Gasteiger partial charge in [-0.2, -0.15) is 4.99 Å². The summed E-state index contributed by atoms with van der Waals surface area (Å²) >= 11 is 5.82. The second-order valence-electron chi connectivity index (χ2n) is 3.09. The molecular weight excluding hydrogens is 221 g/mol. The average molecular weight is 228 g/mol. The molecule has 1 aliphatic heterocycles. The van der Waals surface area contributed by atoms with Gasteiger partial charge in [-0.05, 0) is 12.1 Å². The van der Waals surface area contributed by atoms with Crippen molar-refractivity contribution < 1.29 is 9.18 Å². The van der Waals surface area contributed by atoms with Crippen LogP contribution in [0.5, 0.6) is 0 Å². The first-order valence-corrected chi connectivity index (χ1v) is 4.55. The van der Waals surface area contributed by atoms with E-state index in [1.165, 1.54) is 12.1 Å². The number of urea groups is 1. The van der Waals surface area contributed by atoms with Gasteiger partial charge in [0.25, 0.3) is 0 Å². The molecule has 0 aromatic heterocycles. The average Bonchev–Trinajstić information content (AvgIpc) is 2.45. The normalized spacial score (nSPS) is 20.0. The SMILES string of the molecule is NC1=NC(=O)NC1c1ccc(F)cc1Cl. The van der Waals surface area contributed by atoms with E-state index in [0.29, 0.717) is 5.56 Å². The molecule has 1 aliphatic rings. The highest BCUT2D eigenvalue weighted by Gasteiger charge is 2.26. The number of rotatable bonds is 1. The molecule has 1 aromatic carbocycles. The van der Waals surface area contributed by atoms with Crippen LogP contribution in [-0.4, -0.2) is 11.9 Å². The van der Waals surface area contributed by atoms with Crippen molar-refractivity contribution in [3.63, 3.8) is 0 Å². The summed E-state index contributed by atoms with van der Waals surface area (Å²) < 4.78 is 12.8. The van der Waals surface area contributed by atoms with Gasteiger partial charge in [0, 0.05) is 10.6 Å². The molecule has 4 nitrogen and oxygen atoms in total. The third-order valence-corrected chi connectivity index (χ3v) is 2.40. The van der Waals surface area contributed by atoms with Gasteiger partial charge in [-0.3, -0.25) is 0 Å². The Balaban J connectivity index is 2.39. The smallest absolute Gasteiger partial charge is 0.343 e. The number of amidine groups is 1. The van der Waals surface area contributed by atoms with Crippen molar-refractivity contribution in [2.75, 3.05) is 0 Å². The first kappa shape index (κ1) is 9.92. The van der Waals surface area contributed by atoms with Gasteiger partial charge < -0.3 is 11.1 Å². The number of benzene rings is 1. The highest BCUT2D eigenvalue weighted by Crippen LogP contribution is 2.25. The molecule has 0 aliphatic carbocycles. The van der Waals surface area contributed by atoms with Crippen molar-refractivity contribution in [3.8, 4) is 0 Å². The molecule has 6 heteroatoms. The molecule has 1 unspecified atom stereocenters. The number of carbonyl (C=O) groups is 1. The summed E-state index contributed by atoms with van der Waals surface area (Å²) in [7, 11) is 0. The summed E-state index contributed by atoms with van der Waals surface area (Å²) in [6.07, 6.45) is 0. The van der Waals surface area contributed by atoms with Crippen LogP contribution in [0, 0.1) is 5.82 Å². The highest BCUT2D eigenvalue weighted by atomic mass is 35.5. The summed E-state index contributed by atoms with van der Waals surface area (Å²) in [4.78, 5) is 14.4. The summed E-state index contributed by atoms with van der Waals surface area (Å²) in [5, 5.41) is 2.71. The Morgan fingerprint density at radius 1 is 1.53 bits per heavy atom. The molecule has 78 valence electrons. The molecule has 1 heterocycles. The van der Waals surface area contributed by atoms with Crippen molar-refractivity contribution in [1.82, 2.24) is 5.32 Å². The second-order valence-corrected chi connectivity index (χ2v) is 3.49. The molecule has 1 aromatic rings. The fourth-order valence-corrected chi connectivity index (χ4v) is 1.66. The quantitative estimate of drug-likeness (QED) is 0.765. The highest BCUT2D eigenvalue weighted by molar-refractivity contribution is 6.31. The summed E-state index contributed by atoms with van der Waals surface area (Å²) in [6.45, 7) is 0. The zero-order valence-electron chi connectivity index (χ0n) is 7.50. The molecule has 2 amide bonds. The molecule has 2 rings (SSSR count). The molecule has 15 heavy (non-hydrogen) atoms. The Hall–Kier alpha value is -1.62. The lowest BCUT2D eigenvalue weighted by Gasteiger charge is -2.12. The van der Waals surface area contributed by atoms with Crippen molar-refractivity contribution in [1.29, 1.82) is 0 Å². The number of hydrogen-bond acceptors (Lipinski definition) is 2. The molecule has 0 saturated heterocycles. The van der Waals surface area contributed by atoms with Gasteiger partial charge >= 0.3 is 6.03 Å². The Kier molecular flexibility index (Phi) is 2.32. The number of nitrogens with zero attached hydrogens (tertiary/aromatic N) is 1. The van der Waals surface area contributed by atoms with Crippen LogP contribution >= 0.6 is 11.6 Å². The van der Waals surface area contributed by atoms with Crippen molar-refractivity contribution >= 4 is 23.5 Å². The molecule has 0 radical (unpaired) electrons. The van der Waals surface area contributed by atoms with Crippen LogP contribution in [-0.2, 0) is 0 Å². The number of amides is 2. The molecule has 3 N–H and O–H groups in total. The molecular formula is C9H7ClFN3O. The third-order valence-electron chi connectivity index (χ3n) is 2.07. The Labute approximate surface area is 89.9 Å². The van der Waals surface area contributed by atoms with Gasteiger partial charge in [0.1, 0.15) is 17.7 Å². The van der Waals surface area contributed by atoms with Crippen LogP contribution in [0.3, 0.4) is 0 Å². The lowest BCUT2D eigenvalue weighted by Crippen LogP contribution is -2.28. The summed E-state index contributed by atoms with van der Waals surface area (Å²) in [5.41, 5.74) is 6.06. The summed E-state index contributed by atoms with van der Waals surface area (Å²) in [6, 6.07) is 2.80. The monoisotopic (exact) mass is 227 g/mol. The van der Waals surface area contributed by atoms with Crippen LogP contribution in [0.25, 0.3) is 0 Å². The van der Waals surface area contributed by atoms with Crippen molar-refractivity contribution in [3.05, 3.63) is 34.6 Å². The number of carbonyl (C=O) groups excluding carboxylic acids is 1. The minimum absolute atomic E-state index is 0.133. The Bertz CT molecular complexity index is 461. The number of aliphatic imine (C=N–C) groups is 1. The molecule has 0 spiro atoms. The fourth-order valence-electron chi connectivity index (χ4n) is 1.38. The standard InChI is InChI=1S/C9H7ClFN3O/c10-6-3-4(11)1-2-5(6)7-8(12)14-9(15)13-7/h1-3,7H,(H3,12,13,14,15). The topological polar surface area (TPSA) is 67.5 Å². The minimum atomic E-state index is -0.564. The van der Waals surface area contributed by atoms with Crippen LogP contribution < -0.4 is 11.1 Å². The minimum Gasteiger partial charge on any atom is -0.385 e. The number of nitrogens with one attached hydrogen (secondary N) is 1. The zero-order chi connectivity index (χ0) is 11.0. The Morgan fingerprint density at radius 2 is 2.27 bits per heavy atom. The van der Waals surface area contributed by atoms with Gasteiger partial charge in [-0.1, -0.05) is 17.7 Å². The first-order valence-electron chi connectivity index (χ1n) is 4.17. The maximum Gasteiger partial charge on any atom is 0.343 e. The molecule has 0 saturated carbocycles. The number of nitrogens with two attached hydrogens (primary N) is 1. The molecule has 0 fully saturated rings. The molecule has 0 bridgehead atoms. The second kappa shape index (κ2) is 3.51. The van der Waals surface area contributed by atoms with Gasteiger partial charge in [-0.15, -0.1) is 0 Å². The van der Waals surface area contributed by atoms with Crippen molar-refractivity contribution in [2.24, 2.45) is 10.7 Å². The predicted molar refractivity (Wildman–Crippen MR) is 54.3 cm³/mol. The van der Waals surface area contributed by atoms with Gasteiger partial charge in [0.15, 0.2) is 0 Å². The molecule has 1 atom stereocenters. The van der Waals surface area contributed by atoms with Crippen LogP contribution in [0.1, 0.15) is 11.6 Å². The zero-order valence-corrected chi connectivity index (χ0v) is 8.25. The van der Waals surface area contributed by atoms with E-state index in [9.17, 15) is 9.18 Å². The van der Waals surface area contributed by atoms with Gasteiger partial charge in [0.05, 0.1) is 0 Å². The first-order chi connectivity index (χ1) is 7.08. The van der Waals surface area contributed by atoms with E-state index in [1.54, 1.807) is 0 Å². The van der Waals surface area contributed by atoms with Crippen LogP contribution in [0.4, 0.5) is 9.18 Å². The van der Waals surface area contributed by atoms with E-state index in [-0.39, 0.29) is 10.9 Å². The maximum absolute atomic E-state index is 12.8. The van der Waals surface area contributed by atoms with E-state index in [1.807, 2.05) is 0 Å². The van der Waals surface area contributed by atoms with Gasteiger partial charge in [0.2, 0.25) is 0 Å². The third kappa shape index (κ3) is 1.78. The maximum atomic E-state index is 12.8. The lowest BCUT2D eigenvalue weighted by molar-refractivity contribution is 0.250. The van der Waals surface area contributed by atoms with E-state index in [0.717, 1.165) is 6.07 Å². The van der Waals surface area contributed by atoms with Crippen LogP contribution in [0.15, 0.2) is 23.2 Å². The predicted octanol–water partition coefficient (Wildman–Crippen LogP) is 1.60. The lowest BCUT2D eigenvalue weighted by atomic mass is 10.1. The van der Waals surface area contributed by atoms with E-state index >= 15 is 0 Å². The number of halogens is 2. The van der Waals surface area contributed by atoms with E-state index < -0.39 is 17.9 Å². The van der Waals surface area contributed by atoms with Crippen LogP contribution in [0.2, 0.25) is 5.02 Å². The van der Waals surface area contributed by atoms with E-state index in [2.05, 4.69) is 10.3 Å². The van der Waals surface area contributed by atoms with Gasteiger partial charge in [-0.25, -0.2) is 9.18 Å². The van der Waals surface area contributed by atoms with Crippen molar-refractivity contribution in [2.45, 2.75) is 6.04 Å². The number of hydrogen-bond donors (Lipinski definition) is 2. The Morgan fingerprint density at radius 3 is 2.80 bits per heavy atom. The fraction of sp³-hybridized carbons (Fsp3) is 0.111.